The van der Waals surface area contributed by atoms with Crippen LogP contribution in [0.1, 0.15) is 33.6 Å². The Bertz CT molecular complexity index is 979. The van der Waals surface area contributed by atoms with E-state index in [4.69, 9.17) is 4.74 Å². The maximum Gasteiger partial charge on any atom is 0.256 e. The van der Waals surface area contributed by atoms with E-state index in [2.05, 4.69) is 17.5 Å². The maximum absolute atomic E-state index is 13.2. The fraction of sp³-hybridized carbons (Fsp3) is 0.381. The molecule has 1 amide bonds. The van der Waals surface area contributed by atoms with Crippen LogP contribution in [0.15, 0.2) is 41.9 Å². The minimum absolute atomic E-state index is 0.137. The number of thiophene rings is 1. The van der Waals surface area contributed by atoms with Gasteiger partial charge in [-0.05, 0) is 35.9 Å². The molecule has 0 unspecified atom stereocenters. The first-order valence-corrected chi connectivity index (χ1v) is 10.1. The highest BCUT2D eigenvalue weighted by Crippen LogP contribution is 2.43. The number of fused-ring (bicyclic) bond motifs is 3. The quantitative estimate of drug-likeness (QED) is 0.654. The Morgan fingerprint density at radius 3 is 2.85 bits per heavy atom. The number of hydrogen-bond acceptors (Lipinski definition) is 3. The number of hydrogen-bond donors (Lipinski definition) is 0. The molecule has 26 heavy (non-hydrogen) atoms. The molecule has 2 aliphatic heterocycles. The Balaban J connectivity index is 1.40. The number of amides is 1. The minimum atomic E-state index is -0.177. The monoisotopic (exact) mass is 366 g/mol. The van der Waals surface area contributed by atoms with E-state index in [9.17, 15) is 4.79 Å². The van der Waals surface area contributed by atoms with Gasteiger partial charge in [-0.3, -0.25) is 4.79 Å². The van der Waals surface area contributed by atoms with Crippen LogP contribution in [0.25, 0.3) is 10.9 Å². The third-order valence-corrected chi connectivity index (χ3v) is 6.91. The van der Waals surface area contributed by atoms with E-state index in [1.54, 1.807) is 0 Å². The van der Waals surface area contributed by atoms with E-state index in [-0.39, 0.29) is 11.5 Å². The van der Waals surface area contributed by atoms with Gasteiger partial charge in [-0.15, -0.1) is 11.3 Å². The second-order valence-corrected chi connectivity index (χ2v) is 8.31. The van der Waals surface area contributed by atoms with Gasteiger partial charge in [0.05, 0.1) is 17.8 Å². The van der Waals surface area contributed by atoms with E-state index >= 15 is 0 Å². The van der Waals surface area contributed by atoms with Gasteiger partial charge >= 0.3 is 0 Å². The lowest BCUT2D eigenvalue weighted by Gasteiger charge is -2.44. The van der Waals surface area contributed by atoms with Crippen LogP contribution >= 0.6 is 11.3 Å². The average molecular weight is 366 g/mol. The number of piperidine rings is 1. The van der Waals surface area contributed by atoms with Crippen molar-refractivity contribution in [3.8, 4) is 0 Å². The number of para-hydroxylation sites is 1. The molecular weight excluding hydrogens is 344 g/mol. The Morgan fingerprint density at radius 1 is 1.19 bits per heavy atom. The lowest BCUT2D eigenvalue weighted by molar-refractivity contribution is -0.0926. The van der Waals surface area contributed by atoms with Gasteiger partial charge in [0, 0.05) is 48.5 Å². The predicted molar refractivity (Wildman–Crippen MR) is 104 cm³/mol. The Hall–Kier alpha value is -2.11. The van der Waals surface area contributed by atoms with Gasteiger partial charge in [-0.2, -0.15) is 0 Å². The lowest BCUT2D eigenvalue weighted by Crippen LogP contribution is -2.48. The molecule has 1 saturated heterocycles. The fourth-order valence-corrected chi connectivity index (χ4v) is 5.47. The first kappa shape index (κ1) is 16.1. The molecule has 2 aliphatic rings. The van der Waals surface area contributed by atoms with Crippen LogP contribution < -0.4 is 0 Å². The van der Waals surface area contributed by atoms with Crippen molar-refractivity contribution in [2.45, 2.75) is 24.9 Å². The highest BCUT2D eigenvalue weighted by molar-refractivity contribution is 7.10. The molecule has 3 aromatic rings. The number of aryl methyl sites for hydroxylation is 1. The molecule has 0 atom stereocenters. The highest BCUT2D eigenvalue weighted by Gasteiger charge is 2.42. The summed E-state index contributed by atoms with van der Waals surface area (Å²) in [6.45, 7) is 2.29. The summed E-state index contributed by atoms with van der Waals surface area (Å²) in [5.41, 5.74) is 3.09. The zero-order valence-electron chi connectivity index (χ0n) is 14.9. The molecule has 5 rings (SSSR count). The molecule has 0 radical (unpaired) electrons. The van der Waals surface area contributed by atoms with Gasteiger partial charge in [0.1, 0.15) is 0 Å². The zero-order chi connectivity index (χ0) is 17.7. The molecular formula is C21H22N2O2S. The number of carbonyl (C=O) groups is 1. The number of ether oxygens (including phenoxy) is 1. The second kappa shape index (κ2) is 5.96. The number of benzene rings is 1. The molecule has 1 spiro atoms. The third kappa shape index (κ3) is 2.34. The van der Waals surface area contributed by atoms with Crippen molar-refractivity contribution in [3.05, 3.63) is 57.9 Å². The van der Waals surface area contributed by atoms with Crippen LogP contribution in [0.4, 0.5) is 0 Å². The summed E-state index contributed by atoms with van der Waals surface area (Å²) < 4.78 is 8.30. The van der Waals surface area contributed by atoms with Gasteiger partial charge in [0.25, 0.3) is 5.91 Å². The maximum atomic E-state index is 13.2. The molecule has 1 aromatic carbocycles. The van der Waals surface area contributed by atoms with Gasteiger partial charge in [0.2, 0.25) is 0 Å². The summed E-state index contributed by atoms with van der Waals surface area (Å²) in [5, 5.41) is 3.21. The van der Waals surface area contributed by atoms with Crippen LogP contribution in [0.2, 0.25) is 0 Å². The molecule has 0 bridgehead atoms. The average Bonchev–Trinajstić information content (AvgIpc) is 3.28. The number of aromatic nitrogens is 1. The molecule has 0 aliphatic carbocycles. The summed E-state index contributed by atoms with van der Waals surface area (Å²) in [6, 6.07) is 10.3. The summed E-state index contributed by atoms with van der Waals surface area (Å²) in [5.74, 6) is 0.137. The summed E-state index contributed by atoms with van der Waals surface area (Å²) >= 11 is 1.84. The molecule has 134 valence electrons. The van der Waals surface area contributed by atoms with E-state index in [1.165, 1.54) is 10.4 Å². The summed E-state index contributed by atoms with van der Waals surface area (Å²) in [4.78, 5) is 16.6. The Labute approximate surface area is 157 Å². The smallest absolute Gasteiger partial charge is 0.256 e. The third-order valence-electron chi connectivity index (χ3n) is 5.93. The second-order valence-electron chi connectivity index (χ2n) is 7.31. The normalized spacial score (nSPS) is 19.0. The van der Waals surface area contributed by atoms with Crippen molar-refractivity contribution in [2.75, 3.05) is 19.7 Å². The lowest BCUT2D eigenvalue weighted by atomic mass is 9.82. The van der Waals surface area contributed by atoms with Crippen LogP contribution in [0.5, 0.6) is 0 Å². The van der Waals surface area contributed by atoms with E-state index < -0.39 is 0 Å². The zero-order valence-corrected chi connectivity index (χ0v) is 15.7. The van der Waals surface area contributed by atoms with Crippen LogP contribution in [-0.2, 0) is 23.8 Å². The minimum Gasteiger partial charge on any atom is -0.370 e. The van der Waals surface area contributed by atoms with Crippen LogP contribution in [0.3, 0.4) is 0 Å². The van der Waals surface area contributed by atoms with Gasteiger partial charge in [0.15, 0.2) is 0 Å². The van der Waals surface area contributed by atoms with Crippen LogP contribution in [-0.4, -0.2) is 35.1 Å². The number of likely N-dealkylation sites (tertiary alicyclic amines) is 1. The van der Waals surface area contributed by atoms with Crippen molar-refractivity contribution in [1.29, 1.82) is 0 Å². The van der Waals surface area contributed by atoms with Crippen molar-refractivity contribution in [2.24, 2.45) is 7.05 Å². The van der Waals surface area contributed by atoms with E-state index in [0.29, 0.717) is 0 Å². The van der Waals surface area contributed by atoms with Crippen molar-refractivity contribution < 1.29 is 9.53 Å². The molecule has 4 heterocycles. The molecule has 4 nitrogen and oxygen atoms in total. The highest BCUT2D eigenvalue weighted by atomic mass is 32.1. The number of carbonyl (C=O) groups excluding carboxylic acids is 1. The summed E-state index contributed by atoms with van der Waals surface area (Å²) in [7, 11) is 2.00. The molecule has 1 fully saturated rings. The fourth-order valence-electron chi connectivity index (χ4n) is 4.52. The summed E-state index contributed by atoms with van der Waals surface area (Å²) in [6.07, 6.45) is 4.75. The number of rotatable bonds is 1. The standard InChI is InChI=1S/C21H22N2O2S/c1-22-14-16(15-4-2-3-5-18(15)22)20(24)23-10-8-21(9-11-23)17-7-13-26-19(17)6-12-25-21/h2-5,7,13-14H,6,8-12H2,1H3. The topological polar surface area (TPSA) is 34.5 Å². The molecule has 0 saturated carbocycles. The molecule has 2 aromatic heterocycles. The SMILES string of the molecule is Cn1cc(C(=O)N2CCC3(CC2)OCCc2sccc23)c2ccccc21. The largest absolute Gasteiger partial charge is 0.370 e. The Morgan fingerprint density at radius 2 is 2.00 bits per heavy atom. The predicted octanol–water partition coefficient (Wildman–Crippen LogP) is 3.94. The number of nitrogens with zero attached hydrogens (tertiary/aromatic N) is 2. The van der Waals surface area contributed by atoms with E-state index in [0.717, 1.165) is 55.4 Å². The van der Waals surface area contributed by atoms with Crippen molar-refractivity contribution in [1.82, 2.24) is 9.47 Å². The van der Waals surface area contributed by atoms with Crippen molar-refractivity contribution in [3.63, 3.8) is 0 Å². The van der Waals surface area contributed by atoms with Gasteiger partial charge in [-0.1, -0.05) is 18.2 Å². The molecule has 0 N–H and O–H groups in total. The molecule has 5 heteroatoms. The van der Waals surface area contributed by atoms with Gasteiger partial charge in [-0.25, -0.2) is 0 Å². The first-order chi connectivity index (χ1) is 12.7. The Kier molecular flexibility index (Phi) is 3.69. The first-order valence-electron chi connectivity index (χ1n) is 9.22. The van der Waals surface area contributed by atoms with Crippen LogP contribution in [0, 0.1) is 0 Å². The van der Waals surface area contributed by atoms with Crippen molar-refractivity contribution >= 4 is 28.1 Å². The van der Waals surface area contributed by atoms with Gasteiger partial charge < -0.3 is 14.2 Å². The van der Waals surface area contributed by atoms with E-state index in [1.807, 2.05) is 52.2 Å².